The van der Waals surface area contributed by atoms with Crippen LogP contribution in [0.1, 0.15) is 28.9 Å². The van der Waals surface area contributed by atoms with Crippen LogP contribution in [-0.4, -0.2) is 44.1 Å². The number of hydrogen-bond donors (Lipinski definition) is 1. The SMILES string of the molecule is COc1nn(C)c2nc(C)c(CCC(=O)NCCc3ccn(-c4ccccc4)n3)c(C)c12. The van der Waals surface area contributed by atoms with E-state index in [0.717, 1.165) is 39.2 Å². The van der Waals surface area contributed by atoms with Gasteiger partial charge in [0.05, 0.1) is 23.9 Å². The smallest absolute Gasteiger partial charge is 0.242 e. The number of aryl methyl sites for hydroxylation is 3. The van der Waals surface area contributed by atoms with Crippen molar-refractivity contribution in [2.45, 2.75) is 33.1 Å². The molecule has 0 aliphatic rings. The van der Waals surface area contributed by atoms with Gasteiger partial charge in [-0.1, -0.05) is 18.2 Å². The number of fused-ring (bicyclic) bond motifs is 1. The maximum Gasteiger partial charge on any atom is 0.242 e. The molecule has 0 bridgehead atoms. The number of benzene rings is 1. The molecule has 0 unspecified atom stereocenters. The van der Waals surface area contributed by atoms with Crippen molar-refractivity contribution in [2.24, 2.45) is 7.05 Å². The third-order valence-electron chi connectivity index (χ3n) is 5.69. The number of nitrogens with zero attached hydrogens (tertiary/aromatic N) is 5. The van der Waals surface area contributed by atoms with E-state index in [2.05, 4.69) is 20.5 Å². The van der Waals surface area contributed by atoms with E-state index < -0.39 is 0 Å². The first-order valence-corrected chi connectivity index (χ1v) is 10.7. The lowest BCUT2D eigenvalue weighted by Crippen LogP contribution is -2.26. The number of carbonyl (C=O) groups excluding carboxylic acids is 1. The maximum absolute atomic E-state index is 12.4. The van der Waals surface area contributed by atoms with E-state index >= 15 is 0 Å². The second-order valence-electron chi connectivity index (χ2n) is 7.82. The Morgan fingerprint density at radius 1 is 1.09 bits per heavy atom. The summed E-state index contributed by atoms with van der Waals surface area (Å²) in [7, 11) is 3.46. The number of rotatable bonds is 8. The quantitative estimate of drug-likeness (QED) is 0.462. The molecule has 4 rings (SSSR count). The van der Waals surface area contributed by atoms with Gasteiger partial charge in [-0.15, -0.1) is 5.10 Å². The third kappa shape index (κ3) is 4.34. The molecule has 0 spiro atoms. The van der Waals surface area contributed by atoms with Gasteiger partial charge >= 0.3 is 0 Å². The second kappa shape index (κ2) is 9.21. The zero-order valence-electron chi connectivity index (χ0n) is 18.9. The first-order chi connectivity index (χ1) is 15.5. The van der Waals surface area contributed by atoms with E-state index in [9.17, 15) is 4.79 Å². The average Bonchev–Trinajstić information content (AvgIpc) is 3.39. The zero-order valence-corrected chi connectivity index (χ0v) is 18.9. The van der Waals surface area contributed by atoms with Gasteiger partial charge in [0, 0.05) is 38.3 Å². The zero-order chi connectivity index (χ0) is 22.7. The van der Waals surface area contributed by atoms with Crippen LogP contribution in [0.25, 0.3) is 16.7 Å². The normalized spacial score (nSPS) is 11.1. The highest BCUT2D eigenvalue weighted by Gasteiger charge is 2.18. The standard InChI is InChI=1S/C24H28N6O2/c1-16-20(17(2)26-23-22(16)24(32-4)28-29(23)3)10-11-21(31)25-14-12-18-13-15-30(27-18)19-8-6-5-7-9-19/h5-9,13,15H,10-12,14H2,1-4H3,(H,25,31). The molecule has 0 aliphatic carbocycles. The topological polar surface area (TPSA) is 86.9 Å². The Labute approximate surface area is 187 Å². The fraction of sp³-hybridized carbons (Fsp3) is 0.333. The Balaban J connectivity index is 1.34. The number of aromatic nitrogens is 5. The molecule has 1 N–H and O–H groups in total. The average molecular weight is 433 g/mol. The van der Waals surface area contributed by atoms with E-state index in [4.69, 9.17) is 4.74 Å². The maximum atomic E-state index is 12.4. The van der Waals surface area contributed by atoms with E-state index in [1.54, 1.807) is 11.8 Å². The Morgan fingerprint density at radius 3 is 2.62 bits per heavy atom. The molecular weight excluding hydrogens is 404 g/mol. The predicted octanol–water partition coefficient (Wildman–Crippen LogP) is 3.07. The summed E-state index contributed by atoms with van der Waals surface area (Å²) in [6.07, 6.45) is 3.64. The number of pyridine rings is 1. The minimum Gasteiger partial charge on any atom is -0.479 e. The van der Waals surface area contributed by atoms with Crippen LogP contribution in [0.3, 0.4) is 0 Å². The lowest BCUT2D eigenvalue weighted by Gasteiger charge is -2.11. The highest BCUT2D eigenvalue weighted by atomic mass is 16.5. The summed E-state index contributed by atoms with van der Waals surface area (Å²) in [4.78, 5) is 17.1. The molecule has 4 aromatic rings. The summed E-state index contributed by atoms with van der Waals surface area (Å²) >= 11 is 0. The van der Waals surface area contributed by atoms with Crippen LogP contribution >= 0.6 is 0 Å². The monoisotopic (exact) mass is 432 g/mol. The highest BCUT2D eigenvalue weighted by Crippen LogP contribution is 2.30. The van der Waals surface area contributed by atoms with Crippen LogP contribution < -0.4 is 10.1 Å². The third-order valence-corrected chi connectivity index (χ3v) is 5.69. The molecule has 3 aromatic heterocycles. The largest absolute Gasteiger partial charge is 0.479 e. The molecule has 1 amide bonds. The van der Waals surface area contributed by atoms with Gasteiger partial charge in [0.25, 0.3) is 0 Å². The molecule has 0 saturated carbocycles. The van der Waals surface area contributed by atoms with E-state index in [0.29, 0.717) is 31.7 Å². The minimum atomic E-state index is 0.0181. The Morgan fingerprint density at radius 2 is 1.88 bits per heavy atom. The van der Waals surface area contributed by atoms with Crippen molar-refractivity contribution in [3.63, 3.8) is 0 Å². The fourth-order valence-corrected chi connectivity index (χ4v) is 3.98. The van der Waals surface area contributed by atoms with Crippen molar-refractivity contribution < 1.29 is 9.53 Å². The van der Waals surface area contributed by atoms with Crippen LogP contribution in [0.2, 0.25) is 0 Å². The van der Waals surface area contributed by atoms with Gasteiger partial charge in [-0.25, -0.2) is 14.3 Å². The Kier molecular flexibility index (Phi) is 6.20. The summed E-state index contributed by atoms with van der Waals surface area (Å²) < 4.78 is 8.99. The van der Waals surface area contributed by atoms with Crippen molar-refractivity contribution in [2.75, 3.05) is 13.7 Å². The molecule has 166 valence electrons. The number of amides is 1. The number of methoxy groups -OCH3 is 1. The Bertz CT molecular complexity index is 1240. The number of hydrogen-bond acceptors (Lipinski definition) is 5. The lowest BCUT2D eigenvalue weighted by atomic mass is 10.00. The molecule has 8 nitrogen and oxygen atoms in total. The van der Waals surface area contributed by atoms with Crippen molar-refractivity contribution in [1.29, 1.82) is 0 Å². The molecule has 0 radical (unpaired) electrons. The molecule has 0 saturated heterocycles. The number of para-hydroxylation sites is 1. The van der Waals surface area contributed by atoms with Crippen molar-refractivity contribution in [3.05, 3.63) is 65.1 Å². The molecule has 3 heterocycles. The van der Waals surface area contributed by atoms with Crippen molar-refractivity contribution in [1.82, 2.24) is 29.9 Å². The second-order valence-corrected chi connectivity index (χ2v) is 7.82. The summed E-state index contributed by atoms with van der Waals surface area (Å²) in [5.74, 6) is 0.581. The van der Waals surface area contributed by atoms with Crippen molar-refractivity contribution in [3.8, 4) is 11.6 Å². The summed E-state index contributed by atoms with van der Waals surface area (Å²) in [6.45, 7) is 4.57. The van der Waals surface area contributed by atoms with Gasteiger partial charge in [-0.2, -0.15) is 5.10 Å². The van der Waals surface area contributed by atoms with Gasteiger partial charge in [0.1, 0.15) is 0 Å². The number of carbonyl (C=O) groups is 1. The van der Waals surface area contributed by atoms with Gasteiger partial charge in [0.15, 0.2) is 5.65 Å². The van der Waals surface area contributed by atoms with E-state index in [1.165, 1.54) is 0 Å². The summed E-state index contributed by atoms with van der Waals surface area (Å²) in [6, 6.07) is 11.9. The highest BCUT2D eigenvalue weighted by molar-refractivity contribution is 5.86. The number of ether oxygens (including phenoxy) is 1. The van der Waals surface area contributed by atoms with Crippen LogP contribution in [-0.2, 0) is 24.7 Å². The van der Waals surface area contributed by atoms with Gasteiger partial charge in [-0.05, 0) is 49.6 Å². The molecule has 0 fully saturated rings. The van der Waals surface area contributed by atoms with Crippen LogP contribution in [0.4, 0.5) is 0 Å². The number of nitrogens with one attached hydrogen (secondary N) is 1. The molecular formula is C24H28N6O2. The van der Waals surface area contributed by atoms with E-state index in [1.807, 2.05) is 68.2 Å². The molecule has 1 aromatic carbocycles. The lowest BCUT2D eigenvalue weighted by molar-refractivity contribution is -0.121. The fourth-order valence-electron chi connectivity index (χ4n) is 3.98. The molecule has 0 atom stereocenters. The van der Waals surface area contributed by atoms with Gasteiger partial charge < -0.3 is 10.1 Å². The molecule has 32 heavy (non-hydrogen) atoms. The molecule has 8 heteroatoms. The first kappa shape index (κ1) is 21.5. The van der Waals surface area contributed by atoms with Gasteiger partial charge in [0.2, 0.25) is 11.8 Å². The van der Waals surface area contributed by atoms with Crippen LogP contribution in [0, 0.1) is 13.8 Å². The first-order valence-electron chi connectivity index (χ1n) is 10.7. The van der Waals surface area contributed by atoms with E-state index in [-0.39, 0.29) is 5.91 Å². The van der Waals surface area contributed by atoms with Crippen molar-refractivity contribution >= 4 is 16.9 Å². The molecule has 0 aliphatic heterocycles. The minimum absolute atomic E-state index is 0.0181. The Hall–Kier alpha value is -3.68. The van der Waals surface area contributed by atoms with Crippen LogP contribution in [0.15, 0.2) is 42.6 Å². The van der Waals surface area contributed by atoms with Crippen LogP contribution in [0.5, 0.6) is 5.88 Å². The predicted molar refractivity (Wildman–Crippen MR) is 123 cm³/mol. The summed E-state index contributed by atoms with van der Waals surface area (Å²) in [5, 5.41) is 12.9. The van der Waals surface area contributed by atoms with Gasteiger partial charge in [-0.3, -0.25) is 4.79 Å². The summed E-state index contributed by atoms with van der Waals surface area (Å²) in [5.41, 5.74) is 5.81.